The maximum Gasteiger partial charge on any atom is 0.267 e. The SMILES string of the molecule is O=C1C(=Cc2ccccc2)SC(=S)N1CNc1cccc2ccccc12. The molecule has 26 heavy (non-hydrogen) atoms. The third kappa shape index (κ3) is 3.36. The predicted molar refractivity (Wildman–Crippen MR) is 114 cm³/mol. The molecule has 1 N–H and O–H groups in total. The molecule has 1 fully saturated rings. The van der Waals surface area contributed by atoms with Crippen molar-refractivity contribution in [3.8, 4) is 0 Å². The molecule has 1 aliphatic heterocycles. The van der Waals surface area contributed by atoms with Gasteiger partial charge in [-0.25, -0.2) is 0 Å². The number of thiocarbonyl (C=S) groups is 1. The molecule has 5 heteroatoms. The van der Waals surface area contributed by atoms with Gasteiger partial charge in [-0.1, -0.05) is 90.7 Å². The minimum atomic E-state index is -0.0587. The topological polar surface area (TPSA) is 32.3 Å². The Labute approximate surface area is 161 Å². The highest BCUT2D eigenvalue weighted by atomic mass is 32.2. The van der Waals surface area contributed by atoms with E-state index in [-0.39, 0.29) is 5.91 Å². The highest BCUT2D eigenvalue weighted by Gasteiger charge is 2.31. The van der Waals surface area contributed by atoms with Crippen LogP contribution in [0.3, 0.4) is 0 Å². The van der Waals surface area contributed by atoms with E-state index in [9.17, 15) is 4.79 Å². The molecule has 0 unspecified atom stereocenters. The number of nitrogens with one attached hydrogen (secondary N) is 1. The van der Waals surface area contributed by atoms with Gasteiger partial charge in [-0.2, -0.15) is 0 Å². The summed E-state index contributed by atoms with van der Waals surface area (Å²) in [5, 5.41) is 5.64. The van der Waals surface area contributed by atoms with Crippen LogP contribution in [0.25, 0.3) is 16.8 Å². The molecular weight excluding hydrogens is 360 g/mol. The molecule has 0 saturated carbocycles. The van der Waals surface area contributed by atoms with Crippen LogP contribution >= 0.6 is 24.0 Å². The number of benzene rings is 3. The van der Waals surface area contributed by atoms with E-state index in [1.165, 1.54) is 11.8 Å². The Bertz CT molecular complexity index is 1010. The van der Waals surface area contributed by atoms with Crippen LogP contribution in [-0.4, -0.2) is 21.8 Å². The normalized spacial score (nSPS) is 15.8. The number of fused-ring (bicyclic) bond motifs is 1. The number of thioether (sulfide) groups is 1. The minimum Gasteiger partial charge on any atom is -0.367 e. The first kappa shape index (κ1) is 16.8. The van der Waals surface area contributed by atoms with Crippen molar-refractivity contribution in [1.82, 2.24) is 4.90 Å². The van der Waals surface area contributed by atoms with Crippen LogP contribution in [0.4, 0.5) is 5.69 Å². The van der Waals surface area contributed by atoms with E-state index in [2.05, 4.69) is 23.5 Å². The molecule has 1 amide bonds. The first-order valence-corrected chi connectivity index (χ1v) is 9.47. The standard InChI is InChI=1S/C21H16N2OS2/c24-20-19(13-15-7-2-1-3-8-15)26-21(25)23(20)14-22-18-12-6-10-16-9-4-5-11-17(16)18/h1-13,22H,14H2. The summed E-state index contributed by atoms with van der Waals surface area (Å²) >= 11 is 6.75. The van der Waals surface area contributed by atoms with Crippen molar-refractivity contribution < 1.29 is 4.79 Å². The fourth-order valence-corrected chi connectivity index (χ4v) is 4.14. The number of nitrogens with zero attached hydrogens (tertiary/aromatic N) is 1. The van der Waals surface area contributed by atoms with Crippen molar-refractivity contribution in [2.24, 2.45) is 0 Å². The number of amides is 1. The van der Waals surface area contributed by atoms with E-state index >= 15 is 0 Å². The van der Waals surface area contributed by atoms with E-state index in [0.717, 1.165) is 22.0 Å². The average molecular weight is 377 g/mol. The van der Waals surface area contributed by atoms with Gasteiger partial charge in [0.25, 0.3) is 5.91 Å². The van der Waals surface area contributed by atoms with Crippen molar-refractivity contribution in [3.05, 3.63) is 83.3 Å². The first-order valence-electron chi connectivity index (χ1n) is 8.24. The van der Waals surface area contributed by atoms with Gasteiger partial charge >= 0.3 is 0 Å². The second kappa shape index (κ2) is 7.32. The molecular formula is C21H16N2OS2. The molecule has 0 spiro atoms. The van der Waals surface area contributed by atoms with Crippen LogP contribution in [-0.2, 0) is 4.79 Å². The van der Waals surface area contributed by atoms with E-state index in [4.69, 9.17) is 12.2 Å². The fraction of sp³-hybridized carbons (Fsp3) is 0.0476. The molecule has 3 nitrogen and oxygen atoms in total. The van der Waals surface area contributed by atoms with E-state index in [1.54, 1.807) is 4.90 Å². The molecule has 0 aliphatic carbocycles. The van der Waals surface area contributed by atoms with Crippen molar-refractivity contribution in [1.29, 1.82) is 0 Å². The second-order valence-corrected chi connectivity index (χ2v) is 7.56. The van der Waals surface area contributed by atoms with Gasteiger partial charge < -0.3 is 5.32 Å². The highest BCUT2D eigenvalue weighted by molar-refractivity contribution is 8.26. The third-order valence-corrected chi connectivity index (χ3v) is 5.57. The Morgan fingerprint density at radius 1 is 0.962 bits per heavy atom. The number of carbonyl (C=O) groups excluding carboxylic acids is 1. The predicted octanol–water partition coefficient (Wildman–Crippen LogP) is 5.11. The smallest absolute Gasteiger partial charge is 0.267 e. The van der Waals surface area contributed by atoms with Crippen LogP contribution in [0.1, 0.15) is 5.56 Å². The summed E-state index contributed by atoms with van der Waals surface area (Å²) in [4.78, 5) is 15.0. The van der Waals surface area contributed by atoms with Crippen molar-refractivity contribution >= 4 is 56.7 Å². The first-order chi connectivity index (χ1) is 12.7. The van der Waals surface area contributed by atoms with E-state index < -0.39 is 0 Å². The Morgan fingerprint density at radius 2 is 1.69 bits per heavy atom. The number of rotatable bonds is 4. The summed E-state index contributed by atoms with van der Waals surface area (Å²) in [6, 6.07) is 24.1. The molecule has 128 valence electrons. The summed E-state index contributed by atoms with van der Waals surface area (Å²) < 4.78 is 0.574. The van der Waals surface area contributed by atoms with Gasteiger partial charge in [-0.3, -0.25) is 9.69 Å². The number of hydrogen-bond donors (Lipinski definition) is 1. The zero-order valence-corrected chi connectivity index (χ0v) is 15.5. The van der Waals surface area contributed by atoms with Crippen LogP contribution in [0, 0.1) is 0 Å². The third-order valence-electron chi connectivity index (χ3n) is 4.19. The number of anilines is 1. The number of hydrogen-bond acceptors (Lipinski definition) is 4. The van der Waals surface area contributed by atoms with E-state index in [1.807, 2.05) is 60.7 Å². The fourth-order valence-electron chi connectivity index (χ4n) is 2.88. The molecule has 0 atom stereocenters. The summed E-state index contributed by atoms with van der Waals surface area (Å²) in [5.41, 5.74) is 1.99. The Morgan fingerprint density at radius 3 is 2.54 bits per heavy atom. The Hall–Kier alpha value is -2.63. The van der Waals surface area contributed by atoms with Gasteiger partial charge in [-0.15, -0.1) is 0 Å². The maximum absolute atomic E-state index is 12.7. The molecule has 0 bridgehead atoms. The summed E-state index contributed by atoms with van der Waals surface area (Å²) in [6.07, 6.45) is 1.89. The van der Waals surface area contributed by atoms with Gasteiger partial charge in [0.05, 0.1) is 11.6 Å². The van der Waals surface area contributed by atoms with Gasteiger partial charge in [-0.05, 0) is 23.1 Å². The van der Waals surface area contributed by atoms with Gasteiger partial charge in [0, 0.05) is 11.1 Å². The van der Waals surface area contributed by atoms with Crippen LogP contribution in [0.2, 0.25) is 0 Å². The van der Waals surface area contributed by atoms with Crippen LogP contribution in [0.5, 0.6) is 0 Å². The minimum absolute atomic E-state index is 0.0587. The molecule has 3 aromatic rings. The Balaban J connectivity index is 1.52. The molecule has 0 aromatic heterocycles. The van der Waals surface area contributed by atoms with Crippen molar-refractivity contribution in [2.45, 2.75) is 0 Å². The Kier molecular flexibility index (Phi) is 4.73. The molecule has 1 aliphatic rings. The zero-order chi connectivity index (χ0) is 17.9. The van der Waals surface area contributed by atoms with Crippen molar-refractivity contribution in [2.75, 3.05) is 12.0 Å². The quantitative estimate of drug-likeness (QED) is 0.506. The maximum atomic E-state index is 12.7. The molecule has 4 rings (SSSR count). The van der Waals surface area contributed by atoms with Crippen LogP contribution in [0.15, 0.2) is 77.7 Å². The van der Waals surface area contributed by atoms with Gasteiger partial charge in [0.2, 0.25) is 0 Å². The summed E-state index contributed by atoms with van der Waals surface area (Å²) in [5.74, 6) is -0.0587. The second-order valence-electron chi connectivity index (χ2n) is 5.88. The molecule has 3 aromatic carbocycles. The van der Waals surface area contributed by atoms with Gasteiger partial charge in [0.1, 0.15) is 4.32 Å². The lowest BCUT2D eigenvalue weighted by Crippen LogP contribution is -2.33. The summed E-state index contributed by atoms with van der Waals surface area (Å²) in [6.45, 7) is 0.352. The number of carbonyl (C=O) groups is 1. The van der Waals surface area contributed by atoms with Crippen LogP contribution < -0.4 is 5.32 Å². The van der Waals surface area contributed by atoms with E-state index in [0.29, 0.717) is 15.9 Å². The highest BCUT2D eigenvalue weighted by Crippen LogP contribution is 2.32. The largest absolute Gasteiger partial charge is 0.367 e. The van der Waals surface area contributed by atoms with Crippen molar-refractivity contribution in [3.63, 3.8) is 0 Å². The zero-order valence-electron chi connectivity index (χ0n) is 13.9. The summed E-state index contributed by atoms with van der Waals surface area (Å²) in [7, 11) is 0. The molecule has 0 radical (unpaired) electrons. The molecule has 1 heterocycles. The average Bonchev–Trinajstić information content (AvgIpc) is 2.94. The lowest BCUT2D eigenvalue weighted by Gasteiger charge is -2.17. The lowest BCUT2D eigenvalue weighted by molar-refractivity contribution is -0.121. The monoisotopic (exact) mass is 376 g/mol. The molecule has 1 saturated heterocycles. The van der Waals surface area contributed by atoms with Gasteiger partial charge in [0.15, 0.2) is 0 Å². The lowest BCUT2D eigenvalue weighted by atomic mass is 10.1.